The third-order valence-electron chi connectivity index (χ3n) is 2.76. The predicted molar refractivity (Wildman–Crippen MR) is 62.4 cm³/mol. The molecular weight excluding hydrogens is 204 g/mol. The summed E-state index contributed by atoms with van der Waals surface area (Å²) in [6.45, 7) is 6.50. The minimum atomic E-state index is -0.150. The molecule has 0 atom stereocenters. The molecule has 0 aromatic carbocycles. The van der Waals surface area contributed by atoms with Crippen LogP contribution in [0.5, 0.6) is 0 Å². The summed E-state index contributed by atoms with van der Waals surface area (Å²) in [5.41, 5.74) is 0.725. The average molecular weight is 222 g/mol. The monoisotopic (exact) mass is 222 g/mol. The van der Waals surface area contributed by atoms with Gasteiger partial charge in [0.1, 0.15) is 5.82 Å². The van der Waals surface area contributed by atoms with E-state index in [1.807, 2.05) is 12.1 Å². The molecule has 4 nitrogen and oxygen atoms in total. The fourth-order valence-corrected chi connectivity index (χ4v) is 2.04. The van der Waals surface area contributed by atoms with Crippen LogP contribution in [-0.4, -0.2) is 35.4 Å². The van der Waals surface area contributed by atoms with Crippen molar-refractivity contribution in [2.45, 2.75) is 26.1 Å². The number of nitrogens with zero attached hydrogens (tertiary/aromatic N) is 2. The van der Waals surface area contributed by atoms with Crippen molar-refractivity contribution in [3.63, 3.8) is 0 Å². The van der Waals surface area contributed by atoms with E-state index in [1.54, 1.807) is 6.20 Å². The zero-order valence-electron chi connectivity index (χ0n) is 9.81. The van der Waals surface area contributed by atoms with Crippen molar-refractivity contribution < 1.29 is 9.84 Å². The number of morpholine rings is 1. The summed E-state index contributed by atoms with van der Waals surface area (Å²) in [7, 11) is 0. The molecule has 4 heteroatoms. The van der Waals surface area contributed by atoms with Crippen LogP contribution in [0, 0.1) is 0 Å². The van der Waals surface area contributed by atoms with Gasteiger partial charge in [-0.25, -0.2) is 4.98 Å². The number of anilines is 1. The van der Waals surface area contributed by atoms with Gasteiger partial charge in [0, 0.05) is 24.8 Å². The van der Waals surface area contributed by atoms with E-state index in [0.717, 1.165) is 24.5 Å². The molecule has 1 aromatic heterocycles. The van der Waals surface area contributed by atoms with Gasteiger partial charge in [-0.1, -0.05) is 6.07 Å². The van der Waals surface area contributed by atoms with Gasteiger partial charge < -0.3 is 14.7 Å². The Balaban J connectivity index is 2.23. The Morgan fingerprint density at radius 2 is 2.38 bits per heavy atom. The molecule has 1 N–H and O–H groups in total. The average Bonchev–Trinajstić information content (AvgIpc) is 2.27. The summed E-state index contributed by atoms with van der Waals surface area (Å²) >= 11 is 0. The second-order valence-corrected chi connectivity index (χ2v) is 4.67. The number of aliphatic hydroxyl groups excluding tert-OH is 1. The Bertz CT molecular complexity index is 366. The normalized spacial score (nSPS) is 19.8. The Kier molecular flexibility index (Phi) is 3.12. The van der Waals surface area contributed by atoms with Gasteiger partial charge in [0.25, 0.3) is 0 Å². The van der Waals surface area contributed by atoms with Gasteiger partial charge in [-0.05, 0) is 19.9 Å². The summed E-state index contributed by atoms with van der Waals surface area (Å²) in [6.07, 6.45) is 1.76. The number of pyridine rings is 1. The van der Waals surface area contributed by atoms with E-state index in [0.29, 0.717) is 6.61 Å². The Morgan fingerprint density at radius 1 is 1.56 bits per heavy atom. The minimum Gasteiger partial charge on any atom is -0.392 e. The molecule has 16 heavy (non-hydrogen) atoms. The predicted octanol–water partition coefficient (Wildman–Crippen LogP) is 1.19. The Hall–Kier alpha value is -1.13. The molecule has 1 aliphatic heterocycles. The van der Waals surface area contributed by atoms with Gasteiger partial charge in [0.2, 0.25) is 0 Å². The zero-order valence-corrected chi connectivity index (χ0v) is 9.81. The van der Waals surface area contributed by atoms with Crippen molar-refractivity contribution >= 4 is 5.82 Å². The Labute approximate surface area is 95.9 Å². The molecule has 88 valence electrons. The number of rotatable bonds is 2. The molecule has 1 aliphatic rings. The molecule has 1 aromatic rings. The van der Waals surface area contributed by atoms with Crippen LogP contribution < -0.4 is 4.90 Å². The highest BCUT2D eigenvalue weighted by Gasteiger charge is 2.28. The molecule has 1 fully saturated rings. The maximum Gasteiger partial charge on any atom is 0.134 e. The van der Waals surface area contributed by atoms with Gasteiger partial charge in [-0.15, -0.1) is 0 Å². The molecule has 1 saturated heterocycles. The summed E-state index contributed by atoms with van der Waals surface area (Å²) in [4.78, 5) is 6.52. The lowest BCUT2D eigenvalue weighted by Gasteiger charge is -2.39. The molecule has 2 rings (SSSR count). The Morgan fingerprint density at radius 3 is 3.06 bits per heavy atom. The molecule has 2 heterocycles. The van der Waals surface area contributed by atoms with E-state index in [4.69, 9.17) is 4.74 Å². The van der Waals surface area contributed by atoms with Crippen molar-refractivity contribution in [2.24, 2.45) is 0 Å². The van der Waals surface area contributed by atoms with E-state index in [-0.39, 0.29) is 12.2 Å². The first-order chi connectivity index (χ1) is 7.62. The number of ether oxygens (including phenoxy) is 1. The highest BCUT2D eigenvalue weighted by molar-refractivity contribution is 5.47. The highest BCUT2D eigenvalue weighted by atomic mass is 16.5. The lowest BCUT2D eigenvalue weighted by Crippen LogP contribution is -2.48. The lowest BCUT2D eigenvalue weighted by molar-refractivity contribution is -0.0280. The zero-order chi connectivity index (χ0) is 11.6. The van der Waals surface area contributed by atoms with Crippen LogP contribution in [0.15, 0.2) is 18.3 Å². The molecule has 0 amide bonds. The fourth-order valence-electron chi connectivity index (χ4n) is 2.04. The maximum atomic E-state index is 9.28. The smallest absolute Gasteiger partial charge is 0.134 e. The second-order valence-electron chi connectivity index (χ2n) is 4.67. The topological polar surface area (TPSA) is 45.6 Å². The first-order valence-electron chi connectivity index (χ1n) is 5.56. The van der Waals surface area contributed by atoms with Crippen LogP contribution in [0.3, 0.4) is 0 Å². The quantitative estimate of drug-likeness (QED) is 0.816. The number of hydrogen-bond donors (Lipinski definition) is 1. The van der Waals surface area contributed by atoms with Gasteiger partial charge in [0.05, 0.1) is 18.8 Å². The van der Waals surface area contributed by atoms with E-state index < -0.39 is 0 Å². The van der Waals surface area contributed by atoms with E-state index in [2.05, 4.69) is 23.7 Å². The molecule has 0 bridgehead atoms. The van der Waals surface area contributed by atoms with Crippen LogP contribution in [0.4, 0.5) is 5.82 Å². The maximum absolute atomic E-state index is 9.28. The molecular formula is C12H18N2O2. The third-order valence-corrected chi connectivity index (χ3v) is 2.76. The second kappa shape index (κ2) is 4.39. The van der Waals surface area contributed by atoms with Crippen LogP contribution >= 0.6 is 0 Å². The first kappa shape index (κ1) is 11.4. The molecule has 0 aliphatic carbocycles. The highest BCUT2D eigenvalue weighted by Crippen LogP contribution is 2.24. The summed E-state index contributed by atoms with van der Waals surface area (Å²) in [5, 5.41) is 9.28. The SMILES string of the molecule is CC1(C)CN(c2ncccc2CO)CCO1. The van der Waals surface area contributed by atoms with Crippen LogP contribution in [0.2, 0.25) is 0 Å². The molecule has 0 unspecified atom stereocenters. The van der Waals surface area contributed by atoms with Crippen molar-refractivity contribution in [2.75, 3.05) is 24.6 Å². The number of hydrogen-bond acceptors (Lipinski definition) is 4. The van der Waals surface area contributed by atoms with Gasteiger partial charge in [-0.2, -0.15) is 0 Å². The first-order valence-corrected chi connectivity index (χ1v) is 5.56. The standard InChI is InChI=1S/C12H18N2O2/c1-12(2)9-14(6-7-16-12)11-10(8-15)4-3-5-13-11/h3-5,15H,6-9H2,1-2H3. The summed E-state index contributed by atoms with van der Waals surface area (Å²) in [6, 6.07) is 3.76. The fraction of sp³-hybridized carbons (Fsp3) is 0.583. The minimum absolute atomic E-state index is 0.0287. The van der Waals surface area contributed by atoms with Gasteiger partial charge in [-0.3, -0.25) is 0 Å². The van der Waals surface area contributed by atoms with Crippen LogP contribution in [-0.2, 0) is 11.3 Å². The lowest BCUT2D eigenvalue weighted by atomic mass is 10.1. The van der Waals surface area contributed by atoms with Crippen molar-refractivity contribution in [1.82, 2.24) is 4.98 Å². The summed E-state index contributed by atoms with van der Waals surface area (Å²) < 4.78 is 5.66. The van der Waals surface area contributed by atoms with Gasteiger partial charge in [0.15, 0.2) is 0 Å². The number of aromatic nitrogens is 1. The van der Waals surface area contributed by atoms with Crippen LogP contribution in [0.1, 0.15) is 19.4 Å². The van der Waals surface area contributed by atoms with Crippen molar-refractivity contribution in [1.29, 1.82) is 0 Å². The largest absolute Gasteiger partial charge is 0.392 e. The number of aliphatic hydroxyl groups is 1. The van der Waals surface area contributed by atoms with Crippen LogP contribution in [0.25, 0.3) is 0 Å². The molecule has 0 saturated carbocycles. The van der Waals surface area contributed by atoms with E-state index >= 15 is 0 Å². The third kappa shape index (κ3) is 2.33. The van der Waals surface area contributed by atoms with E-state index in [9.17, 15) is 5.11 Å². The summed E-state index contributed by atoms with van der Waals surface area (Å²) in [5.74, 6) is 0.876. The molecule has 0 spiro atoms. The van der Waals surface area contributed by atoms with E-state index in [1.165, 1.54) is 0 Å². The van der Waals surface area contributed by atoms with Gasteiger partial charge >= 0.3 is 0 Å². The molecule has 0 radical (unpaired) electrons. The van der Waals surface area contributed by atoms with Crippen molar-refractivity contribution in [3.05, 3.63) is 23.9 Å². The van der Waals surface area contributed by atoms with Crippen molar-refractivity contribution in [3.8, 4) is 0 Å².